The number of carbonyl (C=O) groups is 1. The van der Waals surface area contributed by atoms with Crippen LogP contribution in [0.15, 0.2) is 0 Å². The molecule has 1 aliphatic rings. The van der Waals surface area contributed by atoms with Gasteiger partial charge in [0.1, 0.15) is 6.04 Å². The van der Waals surface area contributed by atoms with E-state index in [4.69, 9.17) is 0 Å². The van der Waals surface area contributed by atoms with Gasteiger partial charge in [0.05, 0.1) is 13.4 Å². The quantitative estimate of drug-likeness (QED) is 0.577. The van der Waals surface area contributed by atoms with E-state index in [-0.39, 0.29) is 0 Å². The van der Waals surface area contributed by atoms with Crippen molar-refractivity contribution in [2.45, 2.75) is 18.9 Å². The molecular formula is C7H13NO4S. The molecule has 0 N–H and O–H groups in total. The van der Waals surface area contributed by atoms with Crippen LogP contribution in [0.2, 0.25) is 0 Å². The smallest absolute Gasteiger partial charge is 0.324 e. The number of hydrogen-bond acceptors (Lipinski definition) is 4. The number of methoxy groups -OCH3 is 1. The minimum Gasteiger partial charge on any atom is -0.468 e. The molecule has 0 aliphatic carbocycles. The normalized spacial score (nSPS) is 24.6. The highest BCUT2D eigenvalue weighted by molar-refractivity contribution is 7.88. The van der Waals surface area contributed by atoms with Crippen LogP contribution in [0.1, 0.15) is 12.8 Å². The molecule has 13 heavy (non-hydrogen) atoms. The molecule has 0 radical (unpaired) electrons. The predicted molar refractivity (Wildman–Crippen MR) is 46.6 cm³/mol. The molecule has 76 valence electrons. The summed E-state index contributed by atoms with van der Waals surface area (Å²) < 4.78 is 28.1. The Morgan fingerprint density at radius 2 is 2.15 bits per heavy atom. The minimum absolute atomic E-state index is 0.415. The molecule has 0 unspecified atom stereocenters. The third kappa shape index (κ3) is 2.19. The minimum atomic E-state index is -3.27. The third-order valence-corrected chi connectivity index (χ3v) is 3.39. The van der Waals surface area contributed by atoms with Crippen molar-refractivity contribution < 1.29 is 17.9 Å². The first kappa shape index (κ1) is 10.5. The van der Waals surface area contributed by atoms with Crippen LogP contribution in [0.5, 0.6) is 0 Å². The SMILES string of the molecule is COC(=O)[C@H]1CCCN1S(C)(=O)=O. The van der Waals surface area contributed by atoms with Crippen LogP contribution >= 0.6 is 0 Å². The summed E-state index contributed by atoms with van der Waals surface area (Å²) in [5.74, 6) is -0.470. The molecule has 1 saturated heterocycles. The van der Waals surface area contributed by atoms with E-state index >= 15 is 0 Å². The van der Waals surface area contributed by atoms with Crippen molar-refractivity contribution in [2.24, 2.45) is 0 Å². The van der Waals surface area contributed by atoms with Gasteiger partial charge in [-0.15, -0.1) is 0 Å². The molecule has 0 saturated carbocycles. The van der Waals surface area contributed by atoms with Gasteiger partial charge in [0.15, 0.2) is 0 Å². The van der Waals surface area contributed by atoms with E-state index < -0.39 is 22.0 Å². The van der Waals surface area contributed by atoms with E-state index in [2.05, 4.69) is 4.74 Å². The lowest BCUT2D eigenvalue weighted by molar-refractivity contribution is -0.144. The van der Waals surface area contributed by atoms with Crippen LogP contribution in [0.25, 0.3) is 0 Å². The molecule has 0 aromatic heterocycles. The Kier molecular flexibility index (Phi) is 2.92. The summed E-state index contributed by atoms with van der Waals surface area (Å²) in [6, 6.07) is -0.611. The van der Waals surface area contributed by atoms with E-state index in [1.807, 2.05) is 0 Å². The van der Waals surface area contributed by atoms with Gasteiger partial charge in [-0.3, -0.25) is 4.79 Å². The zero-order valence-corrected chi connectivity index (χ0v) is 8.50. The maximum atomic E-state index is 11.2. The molecule has 0 amide bonds. The second-order valence-corrected chi connectivity index (χ2v) is 4.99. The standard InChI is InChI=1S/C7H13NO4S/c1-12-7(9)6-4-3-5-8(6)13(2,10)11/h6H,3-5H2,1-2H3/t6-/m1/s1. The van der Waals surface area contributed by atoms with Gasteiger partial charge < -0.3 is 4.74 Å². The van der Waals surface area contributed by atoms with Crippen molar-refractivity contribution in [2.75, 3.05) is 19.9 Å². The summed E-state index contributed by atoms with van der Waals surface area (Å²) in [5.41, 5.74) is 0. The molecule has 0 aromatic carbocycles. The fourth-order valence-corrected chi connectivity index (χ4v) is 2.62. The van der Waals surface area contributed by atoms with Crippen molar-refractivity contribution in [3.05, 3.63) is 0 Å². The van der Waals surface area contributed by atoms with Gasteiger partial charge in [0.25, 0.3) is 0 Å². The Labute approximate surface area is 77.7 Å². The first-order chi connectivity index (χ1) is 5.96. The van der Waals surface area contributed by atoms with Crippen LogP contribution < -0.4 is 0 Å². The zero-order valence-electron chi connectivity index (χ0n) is 7.69. The monoisotopic (exact) mass is 207 g/mol. The van der Waals surface area contributed by atoms with Crippen LogP contribution in [-0.2, 0) is 19.6 Å². The largest absolute Gasteiger partial charge is 0.468 e. The molecule has 0 bridgehead atoms. The summed E-state index contributed by atoms with van der Waals surface area (Å²) in [7, 11) is -2.01. The van der Waals surface area contributed by atoms with Crippen LogP contribution in [0.4, 0.5) is 0 Å². The molecule has 5 nitrogen and oxygen atoms in total. The topological polar surface area (TPSA) is 63.7 Å². The van der Waals surface area contributed by atoms with Crippen molar-refractivity contribution in [3.63, 3.8) is 0 Å². The molecule has 1 aliphatic heterocycles. The fraction of sp³-hybridized carbons (Fsp3) is 0.857. The maximum Gasteiger partial charge on any atom is 0.324 e. The highest BCUT2D eigenvalue weighted by Gasteiger charge is 2.36. The third-order valence-electron chi connectivity index (χ3n) is 2.10. The van der Waals surface area contributed by atoms with Crippen molar-refractivity contribution in [1.29, 1.82) is 0 Å². The van der Waals surface area contributed by atoms with Crippen molar-refractivity contribution in [3.8, 4) is 0 Å². The Bertz CT molecular complexity index is 298. The van der Waals surface area contributed by atoms with E-state index in [9.17, 15) is 13.2 Å². The van der Waals surface area contributed by atoms with E-state index in [0.29, 0.717) is 19.4 Å². The van der Waals surface area contributed by atoms with Gasteiger partial charge in [-0.1, -0.05) is 0 Å². The van der Waals surface area contributed by atoms with Gasteiger partial charge in [-0.05, 0) is 12.8 Å². The molecule has 0 spiro atoms. The molecule has 0 aromatic rings. The van der Waals surface area contributed by atoms with Crippen molar-refractivity contribution >= 4 is 16.0 Å². The summed E-state index contributed by atoms with van der Waals surface area (Å²) >= 11 is 0. The number of ether oxygens (including phenoxy) is 1. The van der Waals surface area contributed by atoms with Gasteiger partial charge in [0.2, 0.25) is 10.0 Å². The summed E-state index contributed by atoms with van der Waals surface area (Å²) in [4.78, 5) is 11.1. The predicted octanol–water partition coefficient (Wildman–Crippen LogP) is -0.417. The Balaban J connectivity index is 2.82. The highest BCUT2D eigenvalue weighted by atomic mass is 32.2. The number of hydrogen-bond donors (Lipinski definition) is 0. The van der Waals surface area contributed by atoms with Gasteiger partial charge in [0, 0.05) is 6.54 Å². The summed E-state index contributed by atoms with van der Waals surface area (Å²) in [6.45, 7) is 0.415. The second-order valence-electron chi connectivity index (χ2n) is 3.05. The first-order valence-corrected chi connectivity index (χ1v) is 5.86. The molecule has 1 atom stereocenters. The lowest BCUT2D eigenvalue weighted by Gasteiger charge is -2.19. The first-order valence-electron chi connectivity index (χ1n) is 4.01. The number of rotatable bonds is 2. The van der Waals surface area contributed by atoms with Crippen LogP contribution in [0.3, 0.4) is 0 Å². The lowest BCUT2D eigenvalue weighted by Crippen LogP contribution is -2.40. The maximum absolute atomic E-state index is 11.2. The lowest BCUT2D eigenvalue weighted by atomic mass is 10.2. The van der Waals surface area contributed by atoms with Gasteiger partial charge in [-0.2, -0.15) is 4.31 Å². The number of sulfonamides is 1. The number of carbonyl (C=O) groups excluding carboxylic acids is 1. The summed E-state index contributed by atoms with van der Waals surface area (Å²) in [6.07, 6.45) is 2.38. The van der Waals surface area contributed by atoms with Gasteiger partial charge >= 0.3 is 5.97 Å². The average Bonchev–Trinajstić information content (AvgIpc) is 2.49. The van der Waals surface area contributed by atoms with E-state index in [0.717, 1.165) is 6.26 Å². The molecular weight excluding hydrogens is 194 g/mol. The highest BCUT2D eigenvalue weighted by Crippen LogP contribution is 2.20. The molecule has 6 heteroatoms. The summed E-state index contributed by atoms with van der Waals surface area (Å²) in [5, 5.41) is 0. The van der Waals surface area contributed by atoms with Crippen LogP contribution in [-0.4, -0.2) is 44.6 Å². The Morgan fingerprint density at radius 1 is 1.54 bits per heavy atom. The fourth-order valence-electron chi connectivity index (χ4n) is 1.51. The van der Waals surface area contributed by atoms with Crippen LogP contribution in [0, 0.1) is 0 Å². The van der Waals surface area contributed by atoms with E-state index in [1.165, 1.54) is 11.4 Å². The molecule has 1 fully saturated rings. The van der Waals surface area contributed by atoms with E-state index in [1.54, 1.807) is 0 Å². The Morgan fingerprint density at radius 3 is 2.62 bits per heavy atom. The van der Waals surface area contributed by atoms with Gasteiger partial charge in [-0.25, -0.2) is 8.42 Å². The molecule has 1 rings (SSSR count). The zero-order chi connectivity index (χ0) is 10.1. The Hall–Kier alpha value is -0.620. The number of nitrogens with zero attached hydrogens (tertiary/aromatic N) is 1. The second kappa shape index (κ2) is 3.63. The average molecular weight is 207 g/mol. The van der Waals surface area contributed by atoms with Crippen molar-refractivity contribution in [1.82, 2.24) is 4.31 Å². The molecule has 1 heterocycles. The number of esters is 1.